The molecule has 6 nitrogen and oxygen atoms in total. The zero-order chi connectivity index (χ0) is 18.7. The van der Waals surface area contributed by atoms with E-state index in [0.717, 1.165) is 0 Å². The first-order chi connectivity index (χ1) is 12.3. The van der Waals surface area contributed by atoms with E-state index in [4.69, 9.17) is 4.74 Å². The van der Waals surface area contributed by atoms with Gasteiger partial charge in [0.05, 0.1) is 5.69 Å². The normalized spacial score (nSPS) is 11.2. The number of halogens is 2. The number of hydrogen-bond acceptors (Lipinski definition) is 4. The van der Waals surface area contributed by atoms with Crippen LogP contribution in [-0.4, -0.2) is 26.7 Å². The van der Waals surface area contributed by atoms with Gasteiger partial charge >= 0.3 is 0 Å². The smallest absolute Gasteiger partial charge is 0.268 e. The summed E-state index contributed by atoms with van der Waals surface area (Å²) in [4.78, 5) is 16.5. The van der Waals surface area contributed by atoms with E-state index in [2.05, 4.69) is 20.5 Å². The van der Waals surface area contributed by atoms with Crippen molar-refractivity contribution in [3.8, 4) is 17.1 Å². The summed E-state index contributed by atoms with van der Waals surface area (Å²) in [6.07, 6.45) is 1.33. The van der Waals surface area contributed by atoms with Crippen molar-refractivity contribution >= 4 is 11.6 Å². The lowest BCUT2D eigenvalue weighted by molar-refractivity contribution is -0.128. The number of aromatic amines is 1. The van der Waals surface area contributed by atoms with Gasteiger partial charge in [-0.05, 0) is 56.3 Å². The Kier molecular flexibility index (Phi) is 4.66. The lowest BCUT2D eigenvalue weighted by Crippen LogP contribution is -2.42. The van der Waals surface area contributed by atoms with Crippen LogP contribution in [0.5, 0.6) is 5.75 Å². The molecule has 26 heavy (non-hydrogen) atoms. The van der Waals surface area contributed by atoms with E-state index in [-0.39, 0.29) is 5.69 Å². The highest BCUT2D eigenvalue weighted by Crippen LogP contribution is 2.25. The Morgan fingerprint density at radius 3 is 2.54 bits per heavy atom. The molecule has 0 saturated carbocycles. The lowest BCUT2D eigenvalue weighted by atomic mass is 10.1. The second kappa shape index (κ2) is 6.91. The third-order valence-electron chi connectivity index (χ3n) is 3.64. The van der Waals surface area contributed by atoms with Crippen molar-refractivity contribution < 1.29 is 18.3 Å². The first-order valence-corrected chi connectivity index (χ1v) is 7.76. The van der Waals surface area contributed by atoms with Crippen LogP contribution in [0.25, 0.3) is 11.4 Å². The minimum absolute atomic E-state index is 0.0142. The number of carbonyl (C=O) groups is 1. The molecule has 134 valence electrons. The molecule has 1 heterocycles. The number of anilines is 1. The first-order valence-electron chi connectivity index (χ1n) is 7.76. The Labute approximate surface area is 148 Å². The molecule has 3 rings (SSSR count). The van der Waals surface area contributed by atoms with Gasteiger partial charge in [0, 0.05) is 5.56 Å². The molecule has 0 aliphatic carbocycles. The predicted octanol–water partition coefficient (Wildman–Crippen LogP) is 3.55. The molecule has 2 aromatic carbocycles. The van der Waals surface area contributed by atoms with Gasteiger partial charge in [-0.2, -0.15) is 5.10 Å². The van der Waals surface area contributed by atoms with Gasteiger partial charge in [0.15, 0.2) is 11.4 Å². The predicted molar refractivity (Wildman–Crippen MR) is 91.5 cm³/mol. The standard InChI is InChI=1S/C18H16F2N4O2/c1-18(2,26-13-6-4-12(19)5-7-13)17(25)23-15-9-11(3-8-14(15)20)16-21-10-22-24-16/h3-10H,1-2H3,(H,23,25)(H,21,22,24). The molecule has 2 N–H and O–H groups in total. The minimum Gasteiger partial charge on any atom is -0.478 e. The number of carbonyl (C=O) groups excluding carboxylic acids is 1. The van der Waals surface area contributed by atoms with Crippen LogP contribution in [0.2, 0.25) is 0 Å². The van der Waals surface area contributed by atoms with Crippen LogP contribution in [0.3, 0.4) is 0 Å². The lowest BCUT2D eigenvalue weighted by Gasteiger charge is -2.25. The van der Waals surface area contributed by atoms with E-state index in [1.807, 2.05) is 0 Å². The maximum absolute atomic E-state index is 14.1. The molecule has 0 bridgehead atoms. The van der Waals surface area contributed by atoms with Gasteiger partial charge in [0.1, 0.15) is 23.7 Å². The van der Waals surface area contributed by atoms with Crippen molar-refractivity contribution in [2.75, 3.05) is 5.32 Å². The van der Waals surface area contributed by atoms with Crippen molar-refractivity contribution in [3.63, 3.8) is 0 Å². The third-order valence-corrected chi connectivity index (χ3v) is 3.64. The van der Waals surface area contributed by atoms with Gasteiger partial charge in [-0.1, -0.05) is 0 Å². The Morgan fingerprint density at radius 1 is 1.15 bits per heavy atom. The Morgan fingerprint density at radius 2 is 1.88 bits per heavy atom. The van der Waals surface area contributed by atoms with Crippen LogP contribution in [0.4, 0.5) is 14.5 Å². The van der Waals surface area contributed by atoms with E-state index in [1.165, 1.54) is 62.6 Å². The number of benzene rings is 2. The summed E-state index contributed by atoms with van der Waals surface area (Å²) < 4.78 is 32.7. The SMILES string of the molecule is CC(C)(Oc1ccc(F)cc1)C(=O)Nc1cc(-c2ncn[nH]2)ccc1F. The van der Waals surface area contributed by atoms with Gasteiger partial charge < -0.3 is 10.1 Å². The van der Waals surface area contributed by atoms with Crippen LogP contribution in [-0.2, 0) is 4.79 Å². The maximum Gasteiger partial charge on any atom is 0.268 e. The second-order valence-electron chi connectivity index (χ2n) is 6.05. The quantitative estimate of drug-likeness (QED) is 0.731. The Hall–Kier alpha value is -3.29. The van der Waals surface area contributed by atoms with Crippen LogP contribution < -0.4 is 10.1 Å². The number of nitrogens with one attached hydrogen (secondary N) is 2. The highest BCUT2D eigenvalue weighted by molar-refractivity contribution is 5.97. The van der Waals surface area contributed by atoms with Gasteiger partial charge in [-0.15, -0.1) is 0 Å². The van der Waals surface area contributed by atoms with E-state index >= 15 is 0 Å². The Balaban J connectivity index is 1.78. The molecule has 0 fully saturated rings. The van der Waals surface area contributed by atoms with Crippen LogP contribution in [0, 0.1) is 11.6 Å². The number of rotatable bonds is 5. The van der Waals surface area contributed by atoms with Gasteiger partial charge in [-0.25, -0.2) is 13.8 Å². The number of H-pyrrole nitrogens is 1. The largest absolute Gasteiger partial charge is 0.478 e. The van der Waals surface area contributed by atoms with Crippen molar-refractivity contribution in [1.82, 2.24) is 15.2 Å². The molecule has 0 aliphatic heterocycles. The van der Waals surface area contributed by atoms with Gasteiger partial charge in [0.2, 0.25) is 0 Å². The molecular formula is C18H16F2N4O2. The van der Waals surface area contributed by atoms with Crippen LogP contribution in [0.15, 0.2) is 48.8 Å². The molecule has 0 aliphatic rings. The topological polar surface area (TPSA) is 79.9 Å². The molecule has 0 saturated heterocycles. The maximum atomic E-state index is 14.1. The number of amides is 1. The van der Waals surface area contributed by atoms with Gasteiger partial charge in [-0.3, -0.25) is 9.89 Å². The fraction of sp³-hybridized carbons (Fsp3) is 0.167. The van der Waals surface area contributed by atoms with E-state index in [9.17, 15) is 13.6 Å². The summed E-state index contributed by atoms with van der Waals surface area (Å²) in [5.41, 5.74) is -0.761. The van der Waals surface area contributed by atoms with Crippen LogP contribution >= 0.6 is 0 Å². The molecule has 8 heteroatoms. The summed E-state index contributed by atoms with van der Waals surface area (Å²) in [5, 5.41) is 8.92. The number of aromatic nitrogens is 3. The highest BCUT2D eigenvalue weighted by Gasteiger charge is 2.30. The molecule has 0 atom stereocenters. The van der Waals surface area contributed by atoms with E-state index in [0.29, 0.717) is 17.1 Å². The molecular weight excluding hydrogens is 342 g/mol. The summed E-state index contributed by atoms with van der Waals surface area (Å²) >= 11 is 0. The van der Waals surface area contributed by atoms with Crippen molar-refractivity contribution in [1.29, 1.82) is 0 Å². The van der Waals surface area contributed by atoms with E-state index < -0.39 is 23.1 Å². The Bertz CT molecular complexity index is 909. The molecule has 0 spiro atoms. The highest BCUT2D eigenvalue weighted by atomic mass is 19.1. The summed E-state index contributed by atoms with van der Waals surface area (Å²) in [6.45, 7) is 3.06. The van der Waals surface area contributed by atoms with Crippen molar-refractivity contribution in [3.05, 3.63) is 60.4 Å². The third kappa shape index (κ3) is 3.85. The fourth-order valence-electron chi connectivity index (χ4n) is 2.23. The zero-order valence-corrected chi connectivity index (χ0v) is 14.1. The summed E-state index contributed by atoms with van der Waals surface area (Å²) in [6, 6.07) is 9.47. The average Bonchev–Trinajstić information content (AvgIpc) is 3.13. The monoisotopic (exact) mass is 358 g/mol. The van der Waals surface area contributed by atoms with Crippen molar-refractivity contribution in [2.45, 2.75) is 19.4 Å². The summed E-state index contributed by atoms with van der Waals surface area (Å²) in [7, 11) is 0. The number of nitrogens with zero attached hydrogens (tertiary/aromatic N) is 2. The molecule has 3 aromatic rings. The van der Waals surface area contributed by atoms with E-state index in [1.54, 1.807) is 0 Å². The zero-order valence-electron chi connectivity index (χ0n) is 14.1. The molecule has 0 radical (unpaired) electrons. The minimum atomic E-state index is -1.31. The fourth-order valence-corrected chi connectivity index (χ4v) is 2.23. The second-order valence-corrected chi connectivity index (χ2v) is 6.05. The molecule has 1 aromatic heterocycles. The number of ether oxygens (including phenoxy) is 1. The summed E-state index contributed by atoms with van der Waals surface area (Å²) in [5.74, 6) is -0.801. The molecule has 1 amide bonds. The first kappa shape index (κ1) is 17.5. The van der Waals surface area contributed by atoms with Crippen molar-refractivity contribution in [2.24, 2.45) is 0 Å². The number of hydrogen-bond donors (Lipinski definition) is 2. The molecule has 0 unspecified atom stereocenters. The van der Waals surface area contributed by atoms with Crippen LogP contribution in [0.1, 0.15) is 13.8 Å². The van der Waals surface area contributed by atoms with Gasteiger partial charge in [0.25, 0.3) is 5.91 Å². The average molecular weight is 358 g/mol.